The Morgan fingerprint density at radius 2 is 1.67 bits per heavy atom. The number of hydrogen-bond donors (Lipinski definition) is 4. The van der Waals surface area contributed by atoms with Crippen molar-refractivity contribution in [1.29, 1.82) is 0 Å². The molecule has 1 aliphatic heterocycles. The number of nitrogens with zero attached hydrogens (tertiary/aromatic N) is 1. The summed E-state index contributed by atoms with van der Waals surface area (Å²) in [6.45, 7) is 3.19. The molecule has 0 unspecified atom stereocenters. The van der Waals surface area contributed by atoms with E-state index in [0.29, 0.717) is 0 Å². The average Bonchev–Trinajstić information content (AvgIpc) is 2.95. The summed E-state index contributed by atoms with van der Waals surface area (Å²) >= 11 is 0. The maximum Gasteiger partial charge on any atom is 0.414 e. The van der Waals surface area contributed by atoms with Crippen molar-refractivity contribution in [1.82, 2.24) is 10.2 Å². The van der Waals surface area contributed by atoms with E-state index in [-0.39, 0.29) is 5.54 Å². The Hall–Kier alpha value is -1.18. The summed E-state index contributed by atoms with van der Waals surface area (Å²) in [6, 6.07) is 0.747. The van der Waals surface area contributed by atoms with Crippen molar-refractivity contribution in [2.75, 3.05) is 26.7 Å². The molecule has 0 amide bonds. The first kappa shape index (κ1) is 17.9. The standard InChI is InChI=1S/C12H25N3.C2H2O4/c1-15-8-6-12(10-13,7-9-15)14-11-4-2-3-5-11;3-1(4)2(5)6/h11,14H,2-10,13H2,1H3;(H,3,4)(H,5,6). The molecule has 2 aliphatic rings. The van der Waals surface area contributed by atoms with E-state index >= 15 is 0 Å². The van der Waals surface area contributed by atoms with Crippen LogP contribution in [0.2, 0.25) is 0 Å². The highest BCUT2D eigenvalue weighted by molar-refractivity contribution is 6.27. The highest BCUT2D eigenvalue weighted by Gasteiger charge is 2.34. The molecule has 0 bridgehead atoms. The van der Waals surface area contributed by atoms with E-state index in [0.717, 1.165) is 12.6 Å². The summed E-state index contributed by atoms with van der Waals surface area (Å²) in [6.07, 6.45) is 7.96. The van der Waals surface area contributed by atoms with Crippen molar-refractivity contribution in [3.63, 3.8) is 0 Å². The van der Waals surface area contributed by atoms with Gasteiger partial charge in [0.15, 0.2) is 0 Å². The van der Waals surface area contributed by atoms with Gasteiger partial charge in [-0.25, -0.2) is 9.59 Å². The molecule has 0 atom stereocenters. The van der Waals surface area contributed by atoms with Crippen molar-refractivity contribution in [3.05, 3.63) is 0 Å². The molecule has 0 aromatic carbocycles. The maximum absolute atomic E-state index is 9.10. The molecule has 0 aromatic heterocycles. The smallest absolute Gasteiger partial charge is 0.414 e. The van der Waals surface area contributed by atoms with E-state index in [2.05, 4.69) is 17.3 Å². The van der Waals surface area contributed by atoms with Crippen LogP contribution in [-0.4, -0.2) is 65.3 Å². The number of nitrogens with one attached hydrogen (secondary N) is 1. The number of carboxylic acid groups (broad SMARTS) is 2. The van der Waals surface area contributed by atoms with Crippen LogP contribution >= 0.6 is 0 Å². The van der Waals surface area contributed by atoms with Crippen LogP contribution < -0.4 is 11.1 Å². The lowest BCUT2D eigenvalue weighted by atomic mass is 9.86. The number of carboxylic acids is 2. The van der Waals surface area contributed by atoms with Gasteiger partial charge < -0.3 is 26.2 Å². The van der Waals surface area contributed by atoms with Gasteiger partial charge in [-0.3, -0.25) is 0 Å². The van der Waals surface area contributed by atoms with Crippen molar-refractivity contribution >= 4 is 11.9 Å². The third-order valence-corrected chi connectivity index (χ3v) is 4.38. The fourth-order valence-corrected chi connectivity index (χ4v) is 2.96. The summed E-state index contributed by atoms with van der Waals surface area (Å²) in [5, 5.41) is 18.6. The van der Waals surface area contributed by atoms with Gasteiger partial charge in [0.05, 0.1) is 0 Å². The molecule has 7 heteroatoms. The van der Waals surface area contributed by atoms with Crippen LogP contribution in [0.1, 0.15) is 38.5 Å². The lowest BCUT2D eigenvalue weighted by Gasteiger charge is -2.42. The molecule has 7 nitrogen and oxygen atoms in total. The summed E-state index contributed by atoms with van der Waals surface area (Å²) in [5.74, 6) is -3.65. The number of aliphatic carboxylic acids is 2. The Kier molecular flexibility index (Phi) is 7.07. The van der Waals surface area contributed by atoms with Gasteiger partial charge in [0.2, 0.25) is 0 Å². The van der Waals surface area contributed by atoms with Crippen molar-refractivity contribution < 1.29 is 19.8 Å². The Bertz CT molecular complexity index is 336. The molecule has 1 saturated heterocycles. The van der Waals surface area contributed by atoms with Gasteiger partial charge in [-0.05, 0) is 45.8 Å². The topological polar surface area (TPSA) is 116 Å². The van der Waals surface area contributed by atoms with Crippen LogP contribution in [0, 0.1) is 0 Å². The van der Waals surface area contributed by atoms with Crippen LogP contribution in [0.25, 0.3) is 0 Å². The minimum atomic E-state index is -1.82. The van der Waals surface area contributed by atoms with E-state index in [1.165, 1.54) is 51.6 Å². The van der Waals surface area contributed by atoms with Crippen LogP contribution in [0.4, 0.5) is 0 Å². The van der Waals surface area contributed by atoms with E-state index < -0.39 is 11.9 Å². The Morgan fingerprint density at radius 1 is 1.19 bits per heavy atom. The normalized spacial score (nSPS) is 22.4. The first-order chi connectivity index (χ1) is 9.88. The lowest BCUT2D eigenvalue weighted by Crippen LogP contribution is -2.59. The quantitative estimate of drug-likeness (QED) is 0.546. The Labute approximate surface area is 125 Å². The van der Waals surface area contributed by atoms with Crippen LogP contribution in [-0.2, 0) is 9.59 Å². The summed E-state index contributed by atoms with van der Waals surface area (Å²) in [4.78, 5) is 20.6. The minimum absolute atomic E-state index is 0.252. The van der Waals surface area contributed by atoms with E-state index in [9.17, 15) is 0 Å². The zero-order valence-corrected chi connectivity index (χ0v) is 12.7. The van der Waals surface area contributed by atoms with Crippen molar-refractivity contribution in [2.45, 2.75) is 50.1 Å². The molecule has 1 heterocycles. The molecule has 2 fully saturated rings. The summed E-state index contributed by atoms with van der Waals surface area (Å²) in [7, 11) is 2.20. The zero-order valence-electron chi connectivity index (χ0n) is 12.7. The second kappa shape index (κ2) is 8.31. The number of carbonyl (C=O) groups is 2. The SMILES string of the molecule is CN1CCC(CN)(NC2CCCC2)CC1.O=C(O)C(=O)O. The van der Waals surface area contributed by atoms with Gasteiger partial charge in [-0.2, -0.15) is 0 Å². The molecular weight excluding hydrogens is 274 g/mol. The Morgan fingerprint density at radius 3 is 2.05 bits per heavy atom. The molecular formula is C14H27N3O4. The highest BCUT2D eigenvalue weighted by atomic mass is 16.4. The molecule has 0 aromatic rings. The minimum Gasteiger partial charge on any atom is -0.473 e. The molecule has 1 aliphatic carbocycles. The average molecular weight is 301 g/mol. The lowest BCUT2D eigenvalue weighted by molar-refractivity contribution is -0.159. The highest BCUT2D eigenvalue weighted by Crippen LogP contribution is 2.26. The number of piperidine rings is 1. The van der Waals surface area contributed by atoms with E-state index in [4.69, 9.17) is 25.5 Å². The zero-order chi connectivity index (χ0) is 15.9. The summed E-state index contributed by atoms with van der Waals surface area (Å²) < 4.78 is 0. The van der Waals surface area contributed by atoms with Crippen molar-refractivity contribution in [2.24, 2.45) is 5.73 Å². The third kappa shape index (κ3) is 5.99. The van der Waals surface area contributed by atoms with Crippen molar-refractivity contribution in [3.8, 4) is 0 Å². The van der Waals surface area contributed by atoms with Crippen LogP contribution in [0.15, 0.2) is 0 Å². The first-order valence-electron chi connectivity index (χ1n) is 7.51. The number of rotatable bonds is 3. The number of nitrogens with two attached hydrogens (primary N) is 1. The molecule has 0 spiro atoms. The van der Waals surface area contributed by atoms with Gasteiger partial charge in [-0.1, -0.05) is 12.8 Å². The van der Waals surface area contributed by atoms with Gasteiger partial charge in [-0.15, -0.1) is 0 Å². The largest absolute Gasteiger partial charge is 0.473 e. The predicted molar refractivity (Wildman–Crippen MR) is 79.2 cm³/mol. The van der Waals surface area contributed by atoms with Crippen LogP contribution in [0.3, 0.4) is 0 Å². The Balaban J connectivity index is 0.000000315. The maximum atomic E-state index is 9.10. The van der Waals surface area contributed by atoms with Gasteiger partial charge in [0, 0.05) is 18.1 Å². The molecule has 122 valence electrons. The van der Waals surface area contributed by atoms with E-state index in [1.807, 2.05) is 0 Å². The van der Waals surface area contributed by atoms with Gasteiger partial charge in [0.25, 0.3) is 0 Å². The first-order valence-corrected chi connectivity index (χ1v) is 7.51. The molecule has 2 rings (SSSR count). The fourth-order valence-electron chi connectivity index (χ4n) is 2.96. The molecule has 5 N–H and O–H groups in total. The molecule has 1 saturated carbocycles. The monoisotopic (exact) mass is 301 g/mol. The predicted octanol–water partition coefficient (Wildman–Crippen LogP) is 0.0973. The van der Waals surface area contributed by atoms with Gasteiger partial charge in [0.1, 0.15) is 0 Å². The third-order valence-electron chi connectivity index (χ3n) is 4.38. The van der Waals surface area contributed by atoms with Crippen LogP contribution in [0.5, 0.6) is 0 Å². The fraction of sp³-hybridized carbons (Fsp3) is 0.857. The second-order valence-corrected chi connectivity index (χ2v) is 6.02. The second-order valence-electron chi connectivity index (χ2n) is 6.02. The molecule has 0 radical (unpaired) electrons. The molecule has 21 heavy (non-hydrogen) atoms. The summed E-state index contributed by atoms with van der Waals surface area (Å²) in [5.41, 5.74) is 6.23. The van der Waals surface area contributed by atoms with Gasteiger partial charge >= 0.3 is 11.9 Å². The number of likely N-dealkylation sites (tertiary alicyclic amines) is 1. The number of hydrogen-bond acceptors (Lipinski definition) is 5. The van der Waals surface area contributed by atoms with E-state index in [1.54, 1.807) is 0 Å².